The maximum Gasteiger partial charge on any atom is 0.329 e. The fourth-order valence-electron chi connectivity index (χ4n) is 5.25. The van der Waals surface area contributed by atoms with Crippen molar-refractivity contribution in [3.63, 3.8) is 0 Å². The van der Waals surface area contributed by atoms with Crippen LogP contribution in [0.25, 0.3) is 5.65 Å². The molecule has 2 aliphatic heterocycles. The molecule has 3 fully saturated rings. The highest BCUT2D eigenvalue weighted by molar-refractivity contribution is 6.05. The van der Waals surface area contributed by atoms with Crippen LogP contribution in [-0.2, 0) is 4.79 Å². The first-order chi connectivity index (χ1) is 15.7. The van der Waals surface area contributed by atoms with Crippen LogP contribution in [-0.4, -0.2) is 52.4 Å². The lowest BCUT2D eigenvalue weighted by Crippen LogP contribution is -2.50. The molecule has 3 aliphatic rings. The largest absolute Gasteiger partial charge is 0.329 e. The van der Waals surface area contributed by atoms with E-state index in [-0.39, 0.29) is 12.3 Å². The topological polar surface area (TPSA) is 70.0 Å². The Labute approximate surface area is 189 Å². The van der Waals surface area contributed by atoms with Gasteiger partial charge in [0.1, 0.15) is 5.82 Å². The minimum absolute atomic E-state index is 0.239. The number of nitrogens with one attached hydrogen (secondary N) is 1. The van der Waals surface area contributed by atoms with Crippen molar-refractivity contribution < 1.29 is 9.59 Å². The van der Waals surface area contributed by atoms with Gasteiger partial charge in [-0.15, -0.1) is 0 Å². The first-order valence-electron chi connectivity index (χ1n) is 12.0. The van der Waals surface area contributed by atoms with Crippen LogP contribution in [0.5, 0.6) is 0 Å². The van der Waals surface area contributed by atoms with E-state index in [0.29, 0.717) is 18.3 Å². The second kappa shape index (κ2) is 9.33. The maximum atomic E-state index is 12.2. The number of hydrogen-bond acceptors (Lipinski definition) is 4. The molecule has 7 heteroatoms. The number of imidazole rings is 1. The van der Waals surface area contributed by atoms with Gasteiger partial charge in [0.15, 0.2) is 5.65 Å². The maximum absolute atomic E-state index is 12.2. The number of carbonyl (C=O) groups is 2. The van der Waals surface area contributed by atoms with Crippen molar-refractivity contribution >= 4 is 23.4 Å². The van der Waals surface area contributed by atoms with Gasteiger partial charge < -0.3 is 4.90 Å². The quantitative estimate of drug-likeness (QED) is 0.753. The molecule has 1 N–H and O–H groups in total. The zero-order valence-electron chi connectivity index (χ0n) is 18.6. The molecule has 0 spiro atoms. The third kappa shape index (κ3) is 4.51. The van der Waals surface area contributed by atoms with Gasteiger partial charge in [-0.25, -0.2) is 9.78 Å². The van der Waals surface area contributed by atoms with E-state index in [1.165, 1.54) is 38.6 Å². The van der Waals surface area contributed by atoms with E-state index in [4.69, 9.17) is 0 Å². The summed E-state index contributed by atoms with van der Waals surface area (Å²) in [6, 6.07) is 3.51. The number of pyridine rings is 1. The molecular formula is C25H31N5O2. The molecule has 0 atom stereocenters. The molecule has 32 heavy (non-hydrogen) atoms. The van der Waals surface area contributed by atoms with Gasteiger partial charge >= 0.3 is 6.03 Å². The number of anilines is 1. The number of nitrogens with zero attached hydrogens (tertiary/aromatic N) is 4. The predicted molar refractivity (Wildman–Crippen MR) is 123 cm³/mol. The molecule has 168 valence electrons. The summed E-state index contributed by atoms with van der Waals surface area (Å²) in [5, 5.41) is 2.37. The van der Waals surface area contributed by atoms with Crippen molar-refractivity contribution in [1.82, 2.24) is 19.6 Å². The van der Waals surface area contributed by atoms with E-state index in [1.807, 2.05) is 22.7 Å². The molecule has 1 aliphatic carbocycles. The summed E-state index contributed by atoms with van der Waals surface area (Å²) in [6.07, 6.45) is 13.2. The Bertz CT molecular complexity index is 1050. The van der Waals surface area contributed by atoms with Gasteiger partial charge in [0.2, 0.25) is 5.91 Å². The number of carbonyl (C=O) groups excluding carboxylic acids is 2. The van der Waals surface area contributed by atoms with Crippen LogP contribution >= 0.6 is 0 Å². The number of urea groups is 1. The lowest BCUT2D eigenvalue weighted by Gasteiger charge is -2.34. The molecule has 4 heterocycles. The SMILES string of the molecule is O=C1CCN(c2cnc3c(C#CC4CCN(CC5CCCCC5)CC4)cccn23)C(=O)N1. The summed E-state index contributed by atoms with van der Waals surface area (Å²) in [4.78, 5) is 32.4. The van der Waals surface area contributed by atoms with Gasteiger partial charge in [-0.2, -0.15) is 0 Å². The van der Waals surface area contributed by atoms with Crippen LogP contribution in [0.4, 0.5) is 10.6 Å². The van der Waals surface area contributed by atoms with Crippen molar-refractivity contribution in [2.75, 3.05) is 31.1 Å². The fraction of sp³-hybridized carbons (Fsp3) is 0.560. The molecule has 5 rings (SSSR count). The molecule has 1 saturated carbocycles. The van der Waals surface area contributed by atoms with Crippen molar-refractivity contribution in [3.8, 4) is 11.8 Å². The van der Waals surface area contributed by atoms with Crippen LogP contribution in [0.15, 0.2) is 24.5 Å². The Morgan fingerprint density at radius 3 is 2.66 bits per heavy atom. The van der Waals surface area contributed by atoms with Crippen LogP contribution in [0, 0.1) is 23.7 Å². The molecule has 2 aromatic rings. The zero-order chi connectivity index (χ0) is 21.9. The van der Waals surface area contributed by atoms with E-state index in [9.17, 15) is 9.59 Å². The van der Waals surface area contributed by atoms with Crippen molar-refractivity contribution in [3.05, 3.63) is 30.1 Å². The molecule has 0 aromatic carbocycles. The molecule has 7 nitrogen and oxygen atoms in total. The van der Waals surface area contributed by atoms with Gasteiger partial charge in [0, 0.05) is 31.6 Å². The van der Waals surface area contributed by atoms with Crippen LogP contribution in [0.2, 0.25) is 0 Å². The average Bonchev–Trinajstić information content (AvgIpc) is 3.24. The smallest absolute Gasteiger partial charge is 0.303 e. The Morgan fingerprint density at radius 2 is 1.88 bits per heavy atom. The average molecular weight is 434 g/mol. The van der Waals surface area contributed by atoms with Crippen molar-refractivity contribution in [1.29, 1.82) is 0 Å². The summed E-state index contributed by atoms with van der Waals surface area (Å²) in [5.74, 6) is 8.59. The Kier molecular flexibility index (Phi) is 6.13. The summed E-state index contributed by atoms with van der Waals surface area (Å²) in [5.41, 5.74) is 1.62. The molecular weight excluding hydrogens is 402 g/mol. The Hall–Kier alpha value is -2.85. The first-order valence-corrected chi connectivity index (χ1v) is 12.0. The van der Waals surface area contributed by atoms with Crippen LogP contribution in [0.1, 0.15) is 56.9 Å². The number of imide groups is 1. The lowest BCUT2D eigenvalue weighted by atomic mass is 9.88. The Morgan fingerprint density at radius 1 is 1.06 bits per heavy atom. The van der Waals surface area contributed by atoms with Gasteiger partial charge in [-0.1, -0.05) is 31.1 Å². The Balaban J connectivity index is 1.24. The van der Waals surface area contributed by atoms with Gasteiger partial charge in [-0.05, 0) is 56.8 Å². The molecule has 0 unspecified atom stereocenters. The summed E-state index contributed by atoms with van der Waals surface area (Å²) >= 11 is 0. The van der Waals surface area contributed by atoms with Crippen molar-refractivity contribution in [2.24, 2.45) is 11.8 Å². The van der Waals surface area contributed by atoms with Crippen molar-refractivity contribution in [2.45, 2.75) is 51.4 Å². The third-order valence-corrected chi connectivity index (χ3v) is 7.09. The second-order valence-electron chi connectivity index (χ2n) is 9.34. The molecule has 0 bridgehead atoms. The number of fused-ring (bicyclic) bond motifs is 1. The number of piperidine rings is 1. The fourth-order valence-corrected chi connectivity index (χ4v) is 5.25. The van der Waals surface area contributed by atoms with Crippen LogP contribution < -0.4 is 10.2 Å². The molecule has 0 radical (unpaired) electrons. The standard InChI is InChI=1S/C25H31N5O2/c31-22-12-16-30(25(32)27-22)23-17-26-24-21(7-4-13-29(23)24)9-8-19-10-14-28(15-11-19)18-20-5-2-1-3-6-20/h4,7,13,17,19-20H,1-3,5-6,10-12,14-16,18H2,(H,27,31,32). The number of rotatable bonds is 3. The zero-order valence-corrected chi connectivity index (χ0v) is 18.6. The van der Waals surface area contributed by atoms with Crippen LogP contribution in [0.3, 0.4) is 0 Å². The van der Waals surface area contributed by atoms with E-state index < -0.39 is 6.03 Å². The number of aromatic nitrogens is 2. The summed E-state index contributed by atoms with van der Waals surface area (Å²) in [6.45, 7) is 3.92. The first kappa shape index (κ1) is 21.0. The number of likely N-dealkylation sites (tertiary alicyclic amines) is 1. The minimum Gasteiger partial charge on any atom is -0.303 e. The van der Waals surface area contributed by atoms with E-state index in [1.54, 1.807) is 11.1 Å². The number of amides is 3. The highest BCUT2D eigenvalue weighted by Crippen LogP contribution is 2.26. The monoisotopic (exact) mass is 433 g/mol. The van der Waals surface area contributed by atoms with E-state index in [2.05, 4.69) is 27.0 Å². The van der Waals surface area contributed by atoms with Gasteiger partial charge in [0.25, 0.3) is 0 Å². The highest BCUT2D eigenvalue weighted by atomic mass is 16.2. The molecule has 3 amide bonds. The normalized spacial score (nSPS) is 21.4. The lowest BCUT2D eigenvalue weighted by molar-refractivity contribution is -0.120. The van der Waals surface area contributed by atoms with E-state index >= 15 is 0 Å². The highest BCUT2D eigenvalue weighted by Gasteiger charge is 2.27. The summed E-state index contributed by atoms with van der Waals surface area (Å²) in [7, 11) is 0. The minimum atomic E-state index is -0.403. The van der Waals surface area contributed by atoms with E-state index in [0.717, 1.165) is 43.1 Å². The predicted octanol–water partition coefficient (Wildman–Crippen LogP) is 3.42. The number of hydrogen-bond donors (Lipinski definition) is 1. The van der Waals surface area contributed by atoms with Gasteiger partial charge in [0.05, 0.1) is 11.8 Å². The second-order valence-corrected chi connectivity index (χ2v) is 9.34. The molecule has 2 aromatic heterocycles. The summed E-state index contributed by atoms with van der Waals surface area (Å²) < 4.78 is 1.88. The van der Waals surface area contributed by atoms with Gasteiger partial charge in [-0.3, -0.25) is 19.4 Å². The molecule has 2 saturated heterocycles. The third-order valence-electron chi connectivity index (χ3n) is 7.09.